The van der Waals surface area contributed by atoms with E-state index in [0.29, 0.717) is 18.9 Å². The molecule has 7 heteroatoms. The van der Waals surface area contributed by atoms with Crippen molar-refractivity contribution in [2.45, 2.75) is 12.5 Å². The van der Waals surface area contributed by atoms with Crippen molar-refractivity contribution < 1.29 is 14.6 Å². The van der Waals surface area contributed by atoms with E-state index in [0.717, 1.165) is 0 Å². The highest BCUT2D eigenvalue weighted by Gasteiger charge is 2.41. The first-order chi connectivity index (χ1) is 8.41. The third-order valence-electron chi connectivity index (χ3n) is 2.89. The van der Waals surface area contributed by atoms with Gasteiger partial charge in [-0.2, -0.15) is 0 Å². The van der Waals surface area contributed by atoms with Crippen molar-refractivity contribution in [2.24, 2.45) is 7.05 Å². The van der Waals surface area contributed by atoms with E-state index >= 15 is 0 Å². The minimum absolute atomic E-state index is 0.169. The highest BCUT2D eigenvalue weighted by Crippen LogP contribution is 2.26. The van der Waals surface area contributed by atoms with Crippen LogP contribution in [0.25, 0.3) is 0 Å². The summed E-state index contributed by atoms with van der Waals surface area (Å²) in [4.78, 5) is 28.1. The first-order valence-corrected chi connectivity index (χ1v) is 5.54. The summed E-state index contributed by atoms with van der Waals surface area (Å²) >= 11 is 0. The Labute approximate surface area is 104 Å². The molecule has 1 aromatic rings. The second-order valence-electron chi connectivity index (χ2n) is 4.66. The van der Waals surface area contributed by atoms with Crippen LogP contribution in [0.4, 0.5) is 5.82 Å². The molecule has 0 unspecified atom stereocenters. The summed E-state index contributed by atoms with van der Waals surface area (Å²) in [5, 5.41) is 8.56. The number of anilines is 1. The Balaban J connectivity index is 2.02. The molecule has 1 aliphatic rings. The van der Waals surface area contributed by atoms with Gasteiger partial charge in [0.1, 0.15) is 12.2 Å². The van der Waals surface area contributed by atoms with Gasteiger partial charge in [-0.3, -0.25) is 4.79 Å². The second kappa shape index (κ2) is 4.41. The molecule has 18 heavy (non-hydrogen) atoms. The van der Waals surface area contributed by atoms with E-state index in [2.05, 4.69) is 4.98 Å². The van der Waals surface area contributed by atoms with Gasteiger partial charge in [-0.15, -0.1) is 0 Å². The number of aromatic nitrogens is 2. The lowest BCUT2D eigenvalue weighted by Crippen LogP contribution is -2.63. The summed E-state index contributed by atoms with van der Waals surface area (Å²) in [6, 6.07) is 0. The molecule has 7 nitrogen and oxygen atoms in total. The fourth-order valence-corrected chi connectivity index (χ4v) is 1.94. The van der Waals surface area contributed by atoms with Gasteiger partial charge in [-0.05, 0) is 6.92 Å². The average molecular weight is 253 g/mol. The SMILES string of the molecule is Cn1ccnc(N2CC(C)(OCC(=O)O)C2)c1=O. The van der Waals surface area contributed by atoms with Crippen molar-refractivity contribution in [1.29, 1.82) is 0 Å². The Kier molecular flexibility index (Phi) is 3.08. The van der Waals surface area contributed by atoms with E-state index in [-0.39, 0.29) is 12.2 Å². The molecule has 0 bridgehead atoms. The number of rotatable bonds is 4. The standard InChI is InChI=1S/C11H15N3O4/c1-11(18-5-8(15)16)6-14(7-11)9-10(17)13(2)4-3-12-9/h3-4H,5-7H2,1-2H3,(H,15,16). The Morgan fingerprint density at radius 1 is 1.61 bits per heavy atom. The van der Waals surface area contributed by atoms with Gasteiger partial charge in [0.25, 0.3) is 5.56 Å². The molecule has 0 saturated carbocycles. The number of carboxylic acid groups (broad SMARTS) is 1. The molecule has 0 aromatic carbocycles. The Morgan fingerprint density at radius 3 is 2.89 bits per heavy atom. The molecular weight excluding hydrogens is 238 g/mol. The smallest absolute Gasteiger partial charge is 0.329 e. The van der Waals surface area contributed by atoms with Crippen LogP contribution in [-0.2, 0) is 16.6 Å². The van der Waals surface area contributed by atoms with E-state index in [9.17, 15) is 9.59 Å². The summed E-state index contributed by atoms with van der Waals surface area (Å²) < 4.78 is 6.73. The van der Waals surface area contributed by atoms with Gasteiger partial charge >= 0.3 is 5.97 Å². The Hall–Kier alpha value is -1.89. The van der Waals surface area contributed by atoms with E-state index in [1.165, 1.54) is 4.57 Å². The van der Waals surface area contributed by atoms with E-state index < -0.39 is 11.6 Å². The summed E-state index contributed by atoms with van der Waals surface area (Å²) in [5.74, 6) is -0.625. The van der Waals surface area contributed by atoms with Gasteiger partial charge in [-0.1, -0.05) is 0 Å². The van der Waals surface area contributed by atoms with Gasteiger partial charge in [0, 0.05) is 19.4 Å². The summed E-state index contributed by atoms with van der Waals surface area (Å²) in [6.45, 7) is 2.42. The van der Waals surface area contributed by atoms with Gasteiger partial charge < -0.3 is 19.3 Å². The molecule has 0 spiro atoms. The number of aliphatic carboxylic acids is 1. The zero-order chi connectivity index (χ0) is 13.3. The maximum Gasteiger partial charge on any atom is 0.329 e. The predicted molar refractivity (Wildman–Crippen MR) is 63.7 cm³/mol. The molecule has 0 amide bonds. The van der Waals surface area contributed by atoms with Gasteiger partial charge in [0.2, 0.25) is 0 Å². The maximum absolute atomic E-state index is 11.8. The topological polar surface area (TPSA) is 84.7 Å². The zero-order valence-corrected chi connectivity index (χ0v) is 10.3. The first-order valence-electron chi connectivity index (χ1n) is 5.54. The Morgan fingerprint density at radius 2 is 2.28 bits per heavy atom. The molecule has 98 valence electrons. The third kappa shape index (κ3) is 2.35. The van der Waals surface area contributed by atoms with Crippen LogP contribution in [0.1, 0.15) is 6.92 Å². The van der Waals surface area contributed by atoms with E-state index in [4.69, 9.17) is 9.84 Å². The van der Waals surface area contributed by atoms with E-state index in [1.54, 1.807) is 24.3 Å². The highest BCUT2D eigenvalue weighted by atomic mass is 16.5. The van der Waals surface area contributed by atoms with Crippen molar-refractivity contribution in [1.82, 2.24) is 9.55 Å². The monoisotopic (exact) mass is 253 g/mol. The highest BCUT2D eigenvalue weighted by molar-refractivity contribution is 5.68. The predicted octanol–water partition coefficient (Wildman–Crippen LogP) is -0.540. The molecule has 1 aromatic heterocycles. The molecule has 1 fully saturated rings. The van der Waals surface area contributed by atoms with Crippen LogP contribution in [0.2, 0.25) is 0 Å². The average Bonchev–Trinajstić information content (AvgIpc) is 2.27. The number of hydrogen-bond donors (Lipinski definition) is 1. The first kappa shape index (κ1) is 12.6. The third-order valence-corrected chi connectivity index (χ3v) is 2.89. The van der Waals surface area contributed by atoms with Crippen LogP contribution in [0, 0.1) is 0 Å². The van der Waals surface area contributed by atoms with Gasteiger partial charge in [-0.25, -0.2) is 9.78 Å². The van der Waals surface area contributed by atoms with Gasteiger partial charge in [0.15, 0.2) is 5.82 Å². The molecule has 2 heterocycles. The summed E-state index contributed by atoms with van der Waals surface area (Å²) in [7, 11) is 1.66. The molecular formula is C11H15N3O4. The normalized spacial score (nSPS) is 17.3. The minimum atomic E-state index is -0.997. The lowest BCUT2D eigenvalue weighted by atomic mass is 9.96. The van der Waals surface area contributed by atoms with Crippen molar-refractivity contribution in [2.75, 3.05) is 24.6 Å². The molecule has 2 rings (SSSR count). The molecule has 1 saturated heterocycles. The summed E-state index contributed by atoms with van der Waals surface area (Å²) in [6.07, 6.45) is 3.15. The molecule has 0 atom stereocenters. The van der Waals surface area contributed by atoms with E-state index in [1.807, 2.05) is 6.92 Å². The number of carbonyl (C=O) groups is 1. The van der Waals surface area contributed by atoms with Crippen molar-refractivity contribution in [3.05, 3.63) is 22.7 Å². The molecule has 0 radical (unpaired) electrons. The minimum Gasteiger partial charge on any atom is -0.480 e. The fourth-order valence-electron chi connectivity index (χ4n) is 1.94. The number of nitrogens with zero attached hydrogens (tertiary/aromatic N) is 3. The van der Waals surface area contributed by atoms with Crippen molar-refractivity contribution in [3.8, 4) is 0 Å². The van der Waals surface area contributed by atoms with Crippen LogP contribution in [0.15, 0.2) is 17.2 Å². The Bertz CT molecular complexity index is 519. The van der Waals surface area contributed by atoms with Crippen LogP contribution >= 0.6 is 0 Å². The zero-order valence-electron chi connectivity index (χ0n) is 10.3. The van der Waals surface area contributed by atoms with Crippen molar-refractivity contribution >= 4 is 11.8 Å². The number of ether oxygens (including phenoxy) is 1. The van der Waals surface area contributed by atoms with Crippen LogP contribution < -0.4 is 10.5 Å². The summed E-state index contributed by atoms with van der Waals surface area (Å²) in [5.41, 5.74) is -0.696. The molecule has 1 N–H and O–H groups in total. The number of hydrogen-bond acceptors (Lipinski definition) is 5. The van der Waals surface area contributed by atoms with Crippen LogP contribution in [-0.4, -0.2) is 45.9 Å². The number of carboxylic acids is 1. The van der Waals surface area contributed by atoms with Crippen molar-refractivity contribution in [3.63, 3.8) is 0 Å². The second-order valence-corrected chi connectivity index (χ2v) is 4.66. The molecule has 1 aliphatic heterocycles. The lowest BCUT2D eigenvalue weighted by molar-refractivity contribution is -0.150. The van der Waals surface area contributed by atoms with Gasteiger partial charge in [0.05, 0.1) is 13.1 Å². The number of aryl methyl sites for hydroxylation is 1. The van der Waals surface area contributed by atoms with Crippen LogP contribution in [0.3, 0.4) is 0 Å². The maximum atomic E-state index is 11.8. The fraction of sp³-hybridized carbons (Fsp3) is 0.545. The molecule has 0 aliphatic carbocycles. The lowest BCUT2D eigenvalue weighted by Gasteiger charge is -2.47. The largest absolute Gasteiger partial charge is 0.480 e. The quantitative estimate of drug-likeness (QED) is 0.775. The van der Waals surface area contributed by atoms with Crippen LogP contribution in [0.5, 0.6) is 0 Å².